The lowest BCUT2D eigenvalue weighted by Crippen LogP contribution is -2.12. The smallest absolute Gasteiger partial charge is 0.307 e. The molecule has 0 heterocycles. The number of halogens is 1. The van der Waals surface area contributed by atoms with Crippen molar-refractivity contribution >= 4 is 23.3 Å². The van der Waals surface area contributed by atoms with Gasteiger partial charge in [-0.1, -0.05) is 24.9 Å². The summed E-state index contributed by atoms with van der Waals surface area (Å²) in [6, 6.07) is 7.38. The van der Waals surface area contributed by atoms with E-state index < -0.39 is 0 Å². The molecule has 0 saturated heterocycles. The normalized spacial score (nSPS) is 10.0. The summed E-state index contributed by atoms with van der Waals surface area (Å²) in [6.07, 6.45) is 2.35. The van der Waals surface area contributed by atoms with Crippen LogP contribution in [0, 0.1) is 0 Å². The Hall–Kier alpha value is -1.22. The van der Waals surface area contributed by atoms with Crippen LogP contribution in [0.2, 0.25) is 5.02 Å². The van der Waals surface area contributed by atoms with Crippen molar-refractivity contribution in [2.24, 2.45) is 0 Å². The minimum absolute atomic E-state index is 0.153. The number of ether oxygens (including phenoxy) is 1. The lowest BCUT2D eigenvalue weighted by Gasteiger charge is -2.06. The molecule has 1 N–H and O–H groups in total. The number of hydrogen-bond acceptors (Lipinski definition) is 3. The highest BCUT2D eigenvalue weighted by molar-refractivity contribution is 6.30. The molecule has 4 heteroatoms. The first kappa shape index (κ1) is 13.8. The second kappa shape index (κ2) is 7.96. The number of carbonyl (C=O) groups excluding carboxylic acids is 1. The molecule has 0 aliphatic heterocycles. The third-order valence-corrected chi connectivity index (χ3v) is 2.52. The Morgan fingerprint density at radius 3 is 2.71 bits per heavy atom. The van der Waals surface area contributed by atoms with Crippen molar-refractivity contribution < 1.29 is 9.53 Å². The molecule has 0 bridgehead atoms. The maximum Gasteiger partial charge on any atom is 0.307 e. The number of rotatable bonds is 7. The minimum Gasteiger partial charge on any atom is -0.466 e. The van der Waals surface area contributed by atoms with E-state index in [0.29, 0.717) is 24.6 Å². The molecule has 1 aromatic carbocycles. The van der Waals surface area contributed by atoms with Gasteiger partial charge in [0.15, 0.2) is 0 Å². The number of benzene rings is 1. The summed E-state index contributed by atoms with van der Waals surface area (Å²) < 4.78 is 5.04. The Morgan fingerprint density at radius 1 is 1.35 bits per heavy atom. The van der Waals surface area contributed by atoms with E-state index in [2.05, 4.69) is 12.2 Å². The molecule has 0 unspecified atom stereocenters. The number of esters is 1. The summed E-state index contributed by atoms with van der Waals surface area (Å²) in [6.45, 7) is 3.17. The first-order chi connectivity index (χ1) is 8.22. The first-order valence-electron chi connectivity index (χ1n) is 5.87. The van der Waals surface area contributed by atoms with Crippen LogP contribution in [0.5, 0.6) is 0 Å². The van der Waals surface area contributed by atoms with Crippen molar-refractivity contribution in [2.75, 3.05) is 18.5 Å². The molecule has 0 spiro atoms. The summed E-state index contributed by atoms with van der Waals surface area (Å²) in [5, 5.41) is 3.84. The number of unbranched alkanes of at least 4 members (excludes halogenated alkanes) is 1. The Morgan fingerprint density at radius 2 is 2.06 bits per heavy atom. The molecule has 0 atom stereocenters. The Balaban J connectivity index is 2.14. The fourth-order valence-corrected chi connectivity index (χ4v) is 1.41. The molecular weight excluding hydrogens is 238 g/mol. The molecular formula is C13H18ClNO2. The van der Waals surface area contributed by atoms with Crippen molar-refractivity contribution in [3.63, 3.8) is 0 Å². The highest BCUT2D eigenvalue weighted by atomic mass is 35.5. The van der Waals surface area contributed by atoms with Crippen LogP contribution in [0.1, 0.15) is 26.2 Å². The molecule has 0 aliphatic rings. The lowest BCUT2D eigenvalue weighted by atomic mass is 10.3. The summed E-state index contributed by atoms with van der Waals surface area (Å²) in [5.41, 5.74) is 0.954. The number of hydrogen-bond donors (Lipinski definition) is 1. The average molecular weight is 256 g/mol. The molecule has 0 saturated carbocycles. The van der Waals surface area contributed by atoms with E-state index in [9.17, 15) is 4.79 Å². The largest absolute Gasteiger partial charge is 0.466 e. The van der Waals surface area contributed by atoms with Gasteiger partial charge in [-0.2, -0.15) is 0 Å². The molecule has 0 radical (unpaired) electrons. The SMILES string of the molecule is CCCCOC(=O)CCNc1ccc(Cl)cc1. The third-order valence-electron chi connectivity index (χ3n) is 2.26. The maximum absolute atomic E-state index is 11.3. The highest BCUT2D eigenvalue weighted by Gasteiger charge is 2.01. The van der Waals surface area contributed by atoms with Crippen molar-refractivity contribution in [1.29, 1.82) is 0 Å². The first-order valence-corrected chi connectivity index (χ1v) is 6.25. The third kappa shape index (κ3) is 6.17. The van der Waals surface area contributed by atoms with Gasteiger partial charge in [0, 0.05) is 17.3 Å². The second-order valence-corrected chi connectivity index (χ2v) is 4.19. The Kier molecular flexibility index (Phi) is 6.48. The van der Waals surface area contributed by atoms with E-state index in [0.717, 1.165) is 18.5 Å². The van der Waals surface area contributed by atoms with Gasteiger partial charge in [-0.15, -0.1) is 0 Å². The Bertz CT molecular complexity index is 338. The molecule has 3 nitrogen and oxygen atoms in total. The summed E-state index contributed by atoms with van der Waals surface area (Å²) in [5.74, 6) is -0.153. The Labute approximate surface area is 107 Å². The minimum atomic E-state index is -0.153. The fraction of sp³-hybridized carbons (Fsp3) is 0.462. The van der Waals surface area contributed by atoms with Gasteiger partial charge in [0.05, 0.1) is 13.0 Å². The standard InChI is InChI=1S/C13H18ClNO2/c1-2-3-10-17-13(16)8-9-15-12-6-4-11(14)5-7-12/h4-7,15H,2-3,8-10H2,1H3. The van der Waals surface area contributed by atoms with Gasteiger partial charge >= 0.3 is 5.97 Å². The number of carbonyl (C=O) groups is 1. The quantitative estimate of drug-likeness (QED) is 0.599. The van der Waals surface area contributed by atoms with Gasteiger partial charge < -0.3 is 10.1 Å². The lowest BCUT2D eigenvalue weighted by molar-refractivity contribution is -0.143. The highest BCUT2D eigenvalue weighted by Crippen LogP contribution is 2.13. The molecule has 0 aromatic heterocycles. The van der Waals surface area contributed by atoms with Gasteiger partial charge in [0.1, 0.15) is 0 Å². The zero-order valence-corrected chi connectivity index (χ0v) is 10.8. The molecule has 17 heavy (non-hydrogen) atoms. The molecule has 0 amide bonds. The van der Waals surface area contributed by atoms with Crippen LogP contribution < -0.4 is 5.32 Å². The van der Waals surface area contributed by atoms with Gasteiger partial charge in [-0.3, -0.25) is 4.79 Å². The van der Waals surface area contributed by atoms with Crippen LogP contribution in [0.4, 0.5) is 5.69 Å². The van der Waals surface area contributed by atoms with Gasteiger partial charge in [-0.25, -0.2) is 0 Å². The predicted octanol–water partition coefficient (Wildman–Crippen LogP) is 3.49. The van der Waals surface area contributed by atoms with Crippen LogP contribution in [0.3, 0.4) is 0 Å². The van der Waals surface area contributed by atoms with Crippen molar-refractivity contribution in [3.05, 3.63) is 29.3 Å². The van der Waals surface area contributed by atoms with Crippen molar-refractivity contribution in [2.45, 2.75) is 26.2 Å². The fourth-order valence-electron chi connectivity index (χ4n) is 1.28. The zero-order valence-electron chi connectivity index (χ0n) is 10.0. The van der Waals surface area contributed by atoms with Crippen LogP contribution in [0.25, 0.3) is 0 Å². The van der Waals surface area contributed by atoms with E-state index >= 15 is 0 Å². The molecule has 0 aliphatic carbocycles. The van der Waals surface area contributed by atoms with Crippen LogP contribution >= 0.6 is 11.6 Å². The van der Waals surface area contributed by atoms with Gasteiger partial charge in [-0.05, 0) is 30.7 Å². The van der Waals surface area contributed by atoms with E-state index in [1.807, 2.05) is 24.3 Å². The van der Waals surface area contributed by atoms with Crippen molar-refractivity contribution in [1.82, 2.24) is 0 Å². The molecule has 94 valence electrons. The summed E-state index contributed by atoms with van der Waals surface area (Å²) >= 11 is 5.77. The van der Waals surface area contributed by atoms with Gasteiger partial charge in [0.2, 0.25) is 0 Å². The summed E-state index contributed by atoms with van der Waals surface area (Å²) in [7, 11) is 0. The zero-order chi connectivity index (χ0) is 12.5. The average Bonchev–Trinajstić information content (AvgIpc) is 2.32. The maximum atomic E-state index is 11.3. The van der Waals surface area contributed by atoms with E-state index in [-0.39, 0.29) is 5.97 Å². The molecule has 0 fully saturated rings. The van der Waals surface area contributed by atoms with Gasteiger partial charge in [0.25, 0.3) is 0 Å². The topological polar surface area (TPSA) is 38.3 Å². The van der Waals surface area contributed by atoms with Crippen LogP contribution in [0.15, 0.2) is 24.3 Å². The number of nitrogens with one attached hydrogen (secondary N) is 1. The number of anilines is 1. The van der Waals surface area contributed by atoms with Crippen LogP contribution in [-0.2, 0) is 9.53 Å². The summed E-state index contributed by atoms with van der Waals surface area (Å²) in [4.78, 5) is 11.3. The van der Waals surface area contributed by atoms with Crippen LogP contribution in [-0.4, -0.2) is 19.1 Å². The second-order valence-electron chi connectivity index (χ2n) is 3.76. The van der Waals surface area contributed by atoms with E-state index in [1.54, 1.807) is 0 Å². The molecule has 1 aromatic rings. The monoisotopic (exact) mass is 255 g/mol. The van der Waals surface area contributed by atoms with E-state index in [1.165, 1.54) is 0 Å². The van der Waals surface area contributed by atoms with Crippen molar-refractivity contribution in [3.8, 4) is 0 Å². The molecule has 1 rings (SSSR count). The van der Waals surface area contributed by atoms with E-state index in [4.69, 9.17) is 16.3 Å². The predicted molar refractivity (Wildman–Crippen MR) is 70.4 cm³/mol.